The number of halogens is 1. The number of hydrogen-bond acceptors (Lipinski definition) is 3. The van der Waals surface area contributed by atoms with Gasteiger partial charge >= 0.3 is 0 Å². The van der Waals surface area contributed by atoms with E-state index in [-0.39, 0.29) is 17.8 Å². The molecule has 2 aromatic carbocycles. The Labute approximate surface area is 181 Å². The molecule has 31 heavy (non-hydrogen) atoms. The molecule has 1 atom stereocenters. The fourth-order valence-corrected chi connectivity index (χ4v) is 4.01. The largest absolute Gasteiger partial charge is 0.495 e. The highest BCUT2D eigenvalue weighted by Crippen LogP contribution is 2.30. The zero-order valence-corrected chi connectivity index (χ0v) is 18.0. The minimum Gasteiger partial charge on any atom is -0.495 e. The molecule has 4 rings (SSSR count). The molecule has 5 nitrogen and oxygen atoms in total. The van der Waals surface area contributed by atoms with Crippen LogP contribution in [0.1, 0.15) is 42.6 Å². The zero-order valence-electron chi connectivity index (χ0n) is 18.0. The van der Waals surface area contributed by atoms with Gasteiger partial charge in [-0.25, -0.2) is 9.37 Å². The Hall–Kier alpha value is -3.41. The molecule has 0 aliphatic carbocycles. The van der Waals surface area contributed by atoms with Crippen molar-refractivity contribution in [2.45, 2.75) is 32.7 Å². The molecular weight excluding hydrogens is 393 g/mol. The van der Waals surface area contributed by atoms with Crippen LogP contribution in [0.3, 0.4) is 0 Å². The Balaban J connectivity index is 1.59. The first kappa shape index (κ1) is 20.8. The summed E-state index contributed by atoms with van der Waals surface area (Å²) in [5, 5.41) is 0. The van der Waals surface area contributed by atoms with Crippen LogP contribution >= 0.6 is 0 Å². The van der Waals surface area contributed by atoms with Crippen molar-refractivity contribution in [3.63, 3.8) is 0 Å². The lowest BCUT2D eigenvalue weighted by Gasteiger charge is -2.34. The monoisotopic (exact) mass is 419 g/mol. The summed E-state index contributed by atoms with van der Waals surface area (Å²) in [5.41, 5.74) is 4.44. The Bertz CT molecular complexity index is 1120. The summed E-state index contributed by atoms with van der Waals surface area (Å²) >= 11 is 0. The number of aromatic nitrogens is 2. The smallest absolute Gasteiger partial charge is 0.250 e. The highest BCUT2D eigenvalue weighted by molar-refractivity contribution is 5.98. The summed E-state index contributed by atoms with van der Waals surface area (Å²) in [5.74, 6) is 0.465. The maximum Gasteiger partial charge on any atom is 0.250 e. The van der Waals surface area contributed by atoms with Gasteiger partial charge in [-0.3, -0.25) is 4.79 Å². The predicted octanol–water partition coefficient (Wildman–Crippen LogP) is 5.10. The van der Waals surface area contributed by atoms with Crippen LogP contribution in [0.15, 0.2) is 60.6 Å². The summed E-state index contributed by atoms with van der Waals surface area (Å²) in [6.07, 6.45) is 7.26. The summed E-state index contributed by atoms with van der Waals surface area (Å²) < 4.78 is 20.8. The van der Waals surface area contributed by atoms with E-state index in [9.17, 15) is 9.18 Å². The van der Waals surface area contributed by atoms with Crippen molar-refractivity contribution in [1.29, 1.82) is 0 Å². The second kappa shape index (κ2) is 8.76. The Morgan fingerprint density at radius 1 is 1.19 bits per heavy atom. The van der Waals surface area contributed by atoms with Crippen molar-refractivity contribution in [2.75, 3.05) is 13.7 Å². The number of amides is 1. The van der Waals surface area contributed by atoms with Crippen molar-refractivity contribution >= 4 is 12.0 Å². The fourth-order valence-electron chi connectivity index (χ4n) is 4.01. The number of aryl methyl sites for hydroxylation is 1. The van der Waals surface area contributed by atoms with Gasteiger partial charge in [0.05, 0.1) is 30.9 Å². The van der Waals surface area contributed by atoms with E-state index < -0.39 is 0 Å². The quantitative estimate of drug-likeness (QED) is 0.541. The Kier molecular flexibility index (Phi) is 5.89. The third-order valence-corrected chi connectivity index (χ3v) is 5.74. The lowest BCUT2D eigenvalue weighted by molar-refractivity contribution is -0.130. The van der Waals surface area contributed by atoms with E-state index in [2.05, 4.69) is 4.98 Å². The van der Waals surface area contributed by atoms with E-state index >= 15 is 0 Å². The van der Waals surface area contributed by atoms with E-state index in [1.54, 1.807) is 25.6 Å². The number of ether oxygens (including phenoxy) is 1. The van der Waals surface area contributed by atoms with E-state index in [1.807, 2.05) is 53.8 Å². The molecule has 0 unspecified atom stereocenters. The summed E-state index contributed by atoms with van der Waals surface area (Å²) in [4.78, 5) is 19.3. The molecule has 160 valence electrons. The minimum absolute atomic E-state index is 0.0244. The van der Waals surface area contributed by atoms with Gasteiger partial charge in [-0.1, -0.05) is 18.2 Å². The minimum atomic E-state index is -0.273. The normalized spacial score (nSPS) is 16.6. The molecular formula is C25H26FN3O2. The van der Waals surface area contributed by atoms with Crippen LogP contribution in [0.2, 0.25) is 0 Å². The van der Waals surface area contributed by atoms with Gasteiger partial charge < -0.3 is 14.2 Å². The molecule has 1 aliphatic rings. The highest BCUT2D eigenvalue weighted by atomic mass is 19.1. The Morgan fingerprint density at radius 3 is 2.65 bits per heavy atom. The van der Waals surface area contributed by atoms with Gasteiger partial charge in [0.2, 0.25) is 5.91 Å². The van der Waals surface area contributed by atoms with E-state index in [4.69, 9.17) is 4.74 Å². The number of likely N-dealkylation sites (tertiary alicyclic amines) is 1. The number of imidazole rings is 1. The van der Waals surface area contributed by atoms with Crippen LogP contribution in [-0.2, 0) is 4.79 Å². The van der Waals surface area contributed by atoms with Crippen molar-refractivity contribution in [2.24, 2.45) is 0 Å². The lowest BCUT2D eigenvalue weighted by atomic mass is 9.97. The summed E-state index contributed by atoms with van der Waals surface area (Å²) in [7, 11) is 1.64. The predicted molar refractivity (Wildman–Crippen MR) is 119 cm³/mol. The van der Waals surface area contributed by atoms with Crippen molar-refractivity contribution in [3.05, 3.63) is 83.2 Å². The van der Waals surface area contributed by atoms with Gasteiger partial charge in [-0.15, -0.1) is 0 Å². The molecule has 2 heterocycles. The first-order valence-corrected chi connectivity index (χ1v) is 10.4. The summed E-state index contributed by atoms with van der Waals surface area (Å²) in [6, 6.07) is 12.1. The number of rotatable bonds is 5. The van der Waals surface area contributed by atoms with Crippen molar-refractivity contribution < 1.29 is 13.9 Å². The number of benzene rings is 2. The van der Waals surface area contributed by atoms with Gasteiger partial charge in [0.1, 0.15) is 11.6 Å². The first-order valence-electron chi connectivity index (χ1n) is 10.4. The number of methoxy groups -OCH3 is 1. The maximum absolute atomic E-state index is 13.3. The maximum atomic E-state index is 13.3. The van der Waals surface area contributed by atoms with Crippen LogP contribution in [0.5, 0.6) is 5.75 Å². The number of hydrogen-bond donors (Lipinski definition) is 0. The third-order valence-electron chi connectivity index (χ3n) is 5.74. The van der Waals surface area contributed by atoms with Gasteiger partial charge in [0.25, 0.3) is 0 Å². The number of carbonyl (C=O) groups excluding carboxylic acids is 1. The average molecular weight is 420 g/mol. The van der Waals surface area contributed by atoms with Crippen LogP contribution in [-0.4, -0.2) is 34.0 Å². The molecule has 0 saturated carbocycles. The van der Waals surface area contributed by atoms with Crippen LogP contribution in [0.4, 0.5) is 4.39 Å². The van der Waals surface area contributed by atoms with Crippen LogP contribution < -0.4 is 4.74 Å². The lowest BCUT2D eigenvalue weighted by Crippen LogP contribution is -2.38. The molecule has 0 N–H and O–H groups in total. The molecule has 1 fully saturated rings. The molecule has 0 spiro atoms. The van der Waals surface area contributed by atoms with Gasteiger partial charge in [-0.05, 0) is 68.2 Å². The summed E-state index contributed by atoms with van der Waals surface area (Å²) in [6.45, 7) is 4.62. The highest BCUT2D eigenvalue weighted by Gasteiger charge is 2.28. The number of carbonyl (C=O) groups is 1. The van der Waals surface area contributed by atoms with Crippen LogP contribution in [0.25, 0.3) is 11.8 Å². The number of piperidine rings is 1. The van der Waals surface area contributed by atoms with Crippen molar-refractivity contribution in [1.82, 2.24) is 14.5 Å². The fraction of sp³-hybridized carbons (Fsp3) is 0.280. The molecule has 1 aliphatic heterocycles. The van der Waals surface area contributed by atoms with Gasteiger partial charge in [0.15, 0.2) is 0 Å². The topological polar surface area (TPSA) is 47.4 Å². The van der Waals surface area contributed by atoms with Crippen LogP contribution in [0, 0.1) is 12.7 Å². The van der Waals surface area contributed by atoms with Crippen molar-refractivity contribution in [3.8, 4) is 11.4 Å². The standard InChI is InChI=1S/C25H26FN3O2/c1-17-15-28(16-27-17)23-11-6-19(14-24(23)31-3)13-21-5-4-12-29(25(21)30)18(2)20-7-9-22(26)10-8-20/h6-11,13-16,18H,4-5,12H2,1-3H3/t18-/m0/s1. The first-order chi connectivity index (χ1) is 15.0. The second-order valence-electron chi connectivity index (χ2n) is 7.85. The molecule has 1 amide bonds. The SMILES string of the molecule is COc1cc(C=C2CCCN([C@@H](C)c3ccc(F)cc3)C2=O)ccc1-n1cnc(C)c1. The van der Waals surface area contributed by atoms with E-state index in [1.165, 1.54) is 12.1 Å². The molecule has 3 aromatic rings. The Morgan fingerprint density at radius 2 is 1.97 bits per heavy atom. The van der Waals surface area contributed by atoms with Gasteiger partial charge in [-0.2, -0.15) is 0 Å². The number of nitrogens with zero attached hydrogens (tertiary/aromatic N) is 3. The molecule has 0 bridgehead atoms. The average Bonchev–Trinajstić information content (AvgIpc) is 3.21. The molecule has 0 radical (unpaired) electrons. The molecule has 6 heteroatoms. The van der Waals surface area contributed by atoms with E-state index in [0.29, 0.717) is 12.3 Å². The van der Waals surface area contributed by atoms with Gasteiger partial charge in [0, 0.05) is 18.3 Å². The third kappa shape index (κ3) is 4.38. The van der Waals surface area contributed by atoms with E-state index in [0.717, 1.165) is 40.9 Å². The molecule has 1 saturated heterocycles. The molecule has 1 aromatic heterocycles. The second-order valence-corrected chi connectivity index (χ2v) is 7.85. The zero-order chi connectivity index (χ0) is 22.0.